The number of rotatable bonds is 1. The topological polar surface area (TPSA) is 12.9 Å². The highest BCUT2D eigenvalue weighted by molar-refractivity contribution is 7.09. The maximum Gasteiger partial charge on any atom is 0.0801 e. The van der Waals surface area contributed by atoms with E-state index in [9.17, 15) is 0 Å². The van der Waals surface area contributed by atoms with E-state index < -0.39 is 0 Å². The van der Waals surface area contributed by atoms with Crippen LogP contribution >= 0.6 is 11.3 Å². The summed E-state index contributed by atoms with van der Waals surface area (Å²) >= 11 is 1.68. The molecule has 0 aliphatic rings. The van der Waals surface area contributed by atoms with Gasteiger partial charge >= 0.3 is 0 Å². The van der Waals surface area contributed by atoms with Crippen LogP contribution in [0.2, 0.25) is 0 Å². The minimum Gasteiger partial charge on any atom is -0.245 e. The highest BCUT2D eigenvalue weighted by Crippen LogP contribution is 2.11. The second kappa shape index (κ2) is 2.78. The van der Waals surface area contributed by atoms with Crippen molar-refractivity contribution in [2.24, 2.45) is 0 Å². The standard InChI is InChI=1S/C7H9NS/c1-3-4-7-6(2)9-5-8-7/h3-5H,1-2H3/b4-3-. The van der Waals surface area contributed by atoms with E-state index in [2.05, 4.69) is 11.9 Å². The largest absolute Gasteiger partial charge is 0.245 e. The molecule has 0 unspecified atom stereocenters. The molecule has 0 atom stereocenters. The molecule has 0 aliphatic heterocycles. The first-order valence-corrected chi connectivity index (χ1v) is 3.75. The molecular weight excluding hydrogens is 130 g/mol. The van der Waals surface area contributed by atoms with Crippen LogP contribution in [0.5, 0.6) is 0 Å². The second-order valence-corrected chi connectivity index (χ2v) is 2.85. The van der Waals surface area contributed by atoms with Gasteiger partial charge in [0.05, 0.1) is 11.2 Å². The van der Waals surface area contributed by atoms with Crippen LogP contribution in [0.1, 0.15) is 17.5 Å². The molecule has 0 saturated carbocycles. The van der Waals surface area contributed by atoms with Gasteiger partial charge in [-0.25, -0.2) is 4.98 Å². The number of hydrogen-bond acceptors (Lipinski definition) is 2. The Morgan fingerprint density at radius 2 is 2.44 bits per heavy atom. The van der Waals surface area contributed by atoms with E-state index in [1.54, 1.807) is 11.3 Å². The first-order chi connectivity index (χ1) is 4.34. The van der Waals surface area contributed by atoms with Crippen LogP contribution in [0.15, 0.2) is 11.6 Å². The normalized spacial score (nSPS) is 10.9. The van der Waals surface area contributed by atoms with Gasteiger partial charge in [-0.15, -0.1) is 11.3 Å². The fourth-order valence-corrected chi connectivity index (χ4v) is 1.20. The molecule has 1 aromatic heterocycles. The second-order valence-electron chi connectivity index (χ2n) is 1.79. The van der Waals surface area contributed by atoms with Gasteiger partial charge in [0.25, 0.3) is 0 Å². The van der Waals surface area contributed by atoms with E-state index in [-0.39, 0.29) is 0 Å². The summed E-state index contributed by atoms with van der Waals surface area (Å²) in [5.41, 5.74) is 2.97. The van der Waals surface area contributed by atoms with Crippen LogP contribution in [0.25, 0.3) is 6.08 Å². The molecule has 0 spiro atoms. The Kier molecular flexibility index (Phi) is 2.01. The summed E-state index contributed by atoms with van der Waals surface area (Å²) in [5, 5.41) is 0. The van der Waals surface area contributed by atoms with E-state index in [0.29, 0.717) is 0 Å². The molecule has 1 rings (SSSR count). The summed E-state index contributed by atoms with van der Waals surface area (Å²) in [4.78, 5) is 5.42. The number of allylic oxidation sites excluding steroid dienone is 1. The van der Waals surface area contributed by atoms with Gasteiger partial charge in [0.1, 0.15) is 0 Å². The maximum atomic E-state index is 4.14. The molecule has 0 fully saturated rings. The van der Waals surface area contributed by atoms with Crippen LogP contribution in [0, 0.1) is 6.92 Å². The van der Waals surface area contributed by atoms with Gasteiger partial charge in [-0.3, -0.25) is 0 Å². The summed E-state index contributed by atoms with van der Waals surface area (Å²) in [6.45, 7) is 4.08. The van der Waals surface area contributed by atoms with Crippen molar-refractivity contribution in [2.75, 3.05) is 0 Å². The highest BCUT2D eigenvalue weighted by atomic mass is 32.1. The van der Waals surface area contributed by atoms with Gasteiger partial charge in [0.15, 0.2) is 0 Å². The van der Waals surface area contributed by atoms with Gasteiger partial charge in [-0.05, 0) is 19.9 Å². The molecule has 0 bridgehead atoms. The van der Waals surface area contributed by atoms with E-state index in [1.165, 1.54) is 4.88 Å². The van der Waals surface area contributed by atoms with Gasteiger partial charge < -0.3 is 0 Å². The number of thiazole rings is 1. The fourth-order valence-electron chi connectivity index (χ4n) is 0.632. The van der Waals surface area contributed by atoms with Crippen molar-refractivity contribution in [3.05, 3.63) is 22.2 Å². The van der Waals surface area contributed by atoms with Crippen molar-refractivity contribution in [3.63, 3.8) is 0 Å². The zero-order chi connectivity index (χ0) is 6.69. The molecular formula is C7H9NS. The molecule has 0 aromatic carbocycles. The summed E-state index contributed by atoms with van der Waals surface area (Å²) in [5.74, 6) is 0. The molecule has 9 heavy (non-hydrogen) atoms. The molecule has 1 nitrogen and oxygen atoms in total. The molecule has 0 radical (unpaired) electrons. The predicted molar refractivity (Wildman–Crippen MR) is 41.6 cm³/mol. The number of hydrogen-bond donors (Lipinski definition) is 0. The highest BCUT2D eigenvalue weighted by Gasteiger charge is 1.92. The predicted octanol–water partition coefficient (Wildman–Crippen LogP) is 2.48. The van der Waals surface area contributed by atoms with E-state index >= 15 is 0 Å². The molecule has 0 aliphatic carbocycles. The molecule has 1 heterocycles. The SMILES string of the molecule is C/C=C\c1ncsc1C. The van der Waals surface area contributed by atoms with Crippen molar-refractivity contribution >= 4 is 17.4 Å². The van der Waals surface area contributed by atoms with Crippen LogP contribution in [0.4, 0.5) is 0 Å². The third-order valence-corrected chi connectivity index (χ3v) is 1.88. The van der Waals surface area contributed by atoms with Crippen molar-refractivity contribution in [2.45, 2.75) is 13.8 Å². The van der Waals surface area contributed by atoms with Gasteiger partial charge in [0, 0.05) is 4.88 Å². The summed E-state index contributed by atoms with van der Waals surface area (Å²) < 4.78 is 0. The average Bonchev–Trinajstić information content (AvgIpc) is 2.18. The lowest BCUT2D eigenvalue weighted by atomic mass is 10.3. The molecule has 0 N–H and O–H groups in total. The number of aryl methyl sites for hydroxylation is 1. The summed E-state index contributed by atoms with van der Waals surface area (Å²) in [7, 11) is 0. The van der Waals surface area contributed by atoms with Crippen LogP contribution in [-0.2, 0) is 0 Å². The van der Waals surface area contributed by atoms with E-state index in [1.807, 2.05) is 24.6 Å². The van der Waals surface area contributed by atoms with Crippen LogP contribution < -0.4 is 0 Å². The minimum absolute atomic E-state index is 1.10. The van der Waals surface area contributed by atoms with Crippen molar-refractivity contribution in [3.8, 4) is 0 Å². The van der Waals surface area contributed by atoms with Gasteiger partial charge in [-0.1, -0.05) is 6.08 Å². The van der Waals surface area contributed by atoms with E-state index in [0.717, 1.165) is 5.69 Å². The molecule has 48 valence electrons. The van der Waals surface area contributed by atoms with Crippen molar-refractivity contribution in [1.82, 2.24) is 4.98 Å². The lowest BCUT2D eigenvalue weighted by Crippen LogP contribution is -1.70. The Morgan fingerprint density at radius 3 is 2.89 bits per heavy atom. The van der Waals surface area contributed by atoms with Gasteiger partial charge in [0.2, 0.25) is 0 Å². The number of nitrogens with zero attached hydrogens (tertiary/aromatic N) is 1. The molecule has 0 amide bonds. The molecule has 1 aromatic rings. The Hall–Kier alpha value is -0.630. The Labute approximate surface area is 59.1 Å². The Balaban J connectivity index is 2.94. The third kappa shape index (κ3) is 1.39. The molecule has 2 heteroatoms. The van der Waals surface area contributed by atoms with E-state index in [4.69, 9.17) is 0 Å². The Morgan fingerprint density at radius 1 is 1.67 bits per heavy atom. The first-order valence-electron chi connectivity index (χ1n) is 2.87. The molecule has 0 saturated heterocycles. The summed E-state index contributed by atoms with van der Waals surface area (Å²) in [6.07, 6.45) is 4.02. The quantitative estimate of drug-likeness (QED) is 0.582. The van der Waals surface area contributed by atoms with Gasteiger partial charge in [-0.2, -0.15) is 0 Å². The van der Waals surface area contributed by atoms with Crippen LogP contribution in [-0.4, -0.2) is 4.98 Å². The lowest BCUT2D eigenvalue weighted by molar-refractivity contribution is 1.34. The van der Waals surface area contributed by atoms with Crippen molar-refractivity contribution < 1.29 is 0 Å². The zero-order valence-electron chi connectivity index (χ0n) is 5.59. The fraction of sp³-hybridized carbons (Fsp3) is 0.286. The zero-order valence-corrected chi connectivity index (χ0v) is 6.40. The van der Waals surface area contributed by atoms with Crippen molar-refractivity contribution in [1.29, 1.82) is 0 Å². The maximum absolute atomic E-state index is 4.14. The lowest BCUT2D eigenvalue weighted by Gasteiger charge is -1.82. The van der Waals surface area contributed by atoms with Crippen LogP contribution in [0.3, 0.4) is 0 Å². The number of aromatic nitrogens is 1. The monoisotopic (exact) mass is 139 g/mol. The first kappa shape index (κ1) is 6.49. The minimum atomic E-state index is 1.10. The third-order valence-electron chi connectivity index (χ3n) is 1.11. The average molecular weight is 139 g/mol. The summed E-state index contributed by atoms with van der Waals surface area (Å²) in [6, 6.07) is 0. The smallest absolute Gasteiger partial charge is 0.0801 e. The Bertz CT molecular complexity index is 212.